The number of rotatable bonds is 0. The quantitative estimate of drug-likeness (QED) is 0.627. The number of carbonyl (C=O) groups is 1. The molecular formula is C8H5N5O. The largest absolute Gasteiger partial charge is 0.292 e. The molecule has 0 aliphatic heterocycles. The zero-order chi connectivity index (χ0) is 9.54. The Labute approximate surface area is 78.4 Å². The SMILES string of the molecule is O=C1Cc2cncnc2-c2n[nH]nc21. The Kier molecular flexibility index (Phi) is 1.27. The van der Waals surface area contributed by atoms with Gasteiger partial charge in [-0.15, -0.1) is 0 Å². The molecule has 0 fully saturated rings. The van der Waals surface area contributed by atoms with Crippen LogP contribution in [-0.2, 0) is 6.42 Å². The molecule has 0 unspecified atom stereocenters. The zero-order valence-electron chi connectivity index (χ0n) is 7.06. The summed E-state index contributed by atoms with van der Waals surface area (Å²) in [6.45, 7) is 0. The molecule has 0 spiro atoms. The number of ketones is 1. The highest BCUT2D eigenvalue weighted by molar-refractivity contribution is 6.03. The van der Waals surface area contributed by atoms with Crippen LogP contribution >= 0.6 is 0 Å². The van der Waals surface area contributed by atoms with Crippen molar-refractivity contribution in [3.8, 4) is 11.4 Å². The maximum atomic E-state index is 11.5. The molecule has 0 atom stereocenters. The lowest BCUT2D eigenvalue weighted by Gasteiger charge is -2.09. The summed E-state index contributed by atoms with van der Waals surface area (Å²) < 4.78 is 0. The van der Waals surface area contributed by atoms with Crippen molar-refractivity contribution in [3.05, 3.63) is 23.8 Å². The van der Waals surface area contributed by atoms with Gasteiger partial charge in [-0.25, -0.2) is 9.97 Å². The summed E-state index contributed by atoms with van der Waals surface area (Å²) >= 11 is 0. The molecule has 6 nitrogen and oxygen atoms in total. The summed E-state index contributed by atoms with van der Waals surface area (Å²) in [7, 11) is 0. The average molecular weight is 187 g/mol. The minimum absolute atomic E-state index is 0.0453. The van der Waals surface area contributed by atoms with Gasteiger partial charge in [-0.05, 0) is 0 Å². The van der Waals surface area contributed by atoms with Gasteiger partial charge in [0, 0.05) is 18.2 Å². The van der Waals surface area contributed by atoms with Crippen molar-refractivity contribution in [2.75, 3.05) is 0 Å². The molecule has 0 amide bonds. The highest BCUT2D eigenvalue weighted by atomic mass is 16.1. The third-order valence-corrected chi connectivity index (χ3v) is 2.18. The number of aromatic nitrogens is 5. The minimum Gasteiger partial charge on any atom is -0.292 e. The Morgan fingerprint density at radius 2 is 2.07 bits per heavy atom. The van der Waals surface area contributed by atoms with Crippen LogP contribution in [0.2, 0.25) is 0 Å². The molecule has 0 bridgehead atoms. The monoisotopic (exact) mass is 187 g/mol. The number of hydrogen-bond donors (Lipinski definition) is 1. The second-order valence-electron chi connectivity index (χ2n) is 3.02. The molecule has 2 aromatic rings. The maximum absolute atomic E-state index is 11.5. The van der Waals surface area contributed by atoms with Gasteiger partial charge < -0.3 is 0 Å². The molecule has 1 N–H and O–H groups in total. The van der Waals surface area contributed by atoms with Crippen LogP contribution in [-0.4, -0.2) is 31.2 Å². The fourth-order valence-electron chi connectivity index (χ4n) is 1.55. The van der Waals surface area contributed by atoms with Gasteiger partial charge in [0.15, 0.2) is 11.5 Å². The molecule has 0 saturated heterocycles. The van der Waals surface area contributed by atoms with E-state index in [2.05, 4.69) is 25.4 Å². The molecule has 1 aliphatic rings. The van der Waals surface area contributed by atoms with E-state index in [1.807, 2.05) is 0 Å². The van der Waals surface area contributed by atoms with Crippen molar-refractivity contribution in [1.29, 1.82) is 0 Å². The van der Waals surface area contributed by atoms with E-state index in [0.29, 0.717) is 23.5 Å². The highest BCUT2D eigenvalue weighted by Crippen LogP contribution is 2.27. The summed E-state index contributed by atoms with van der Waals surface area (Å²) in [5.41, 5.74) is 2.40. The van der Waals surface area contributed by atoms with E-state index in [-0.39, 0.29) is 5.78 Å². The van der Waals surface area contributed by atoms with Crippen LogP contribution in [0.15, 0.2) is 12.5 Å². The zero-order valence-corrected chi connectivity index (χ0v) is 7.06. The summed E-state index contributed by atoms with van der Waals surface area (Å²) in [6, 6.07) is 0. The highest BCUT2D eigenvalue weighted by Gasteiger charge is 2.27. The predicted molar refractivity (Wildman–Crippen MR) is 45.4 cm³/mol. The number of nitrogens with zero attached hydrogens (tertiary/aromatic N) is 4. The summed E-state index contributed by atoms with van der Waals surface area (Å²) in [4.78, 5) is 19.5. The van der Waals surface area contributed by atoms with Crippen LogP contribution in [0.5, 0.6) is 0 Å². The van der Waals surface area contributed by atoms with Gasteiger partial charge in [0.25, 0.3) is 0 Å². The van der Waals surface area contributed by atoms with E-state index < -0.39 is 0 Å². The van der Waals surface area contributed by atoms with Crippen LogP contribution in [0.3, 0.4) is 0 Å². The Morgan fingerprint density at radius 1 is 1.21 bits per heavy atom. The molecule has 14 heavy (non-hydrogen) atoms. The summed E-state index contributed by atoms with van der Waals surface area (Å²) in [5.74, 6) is -0.0453. The van der Waals surface area contributed by atoms with Crippen molar-refractivity contribution in [3.63, 3.8) is 0 Å². The van der Waals surface area contributed by atoms with Crippen molar-refractivity contribution in [1.82, 2.24) is 25.4 Å². The standard InChI is InChI=1S/C8H5N5O/c14-5-1-4-2-9-3-10-6(4)8-7(5)11-13-12-8/h2-3H,1H2,(H,11,12,13). The molecule has 6 heteroatoms. The number of fused-ring (bicyclic) bond motifs is 3. The van der Waals surface area contributed by atoms with Gasteiger partial charge in [0.05, 0.1) is 5.69 Å². The fourth-order valence-corrected chi connectivity index (χ4v) is 1.55. The van der Waals surface area contributed by atoms with Crippen LogP contribution in [0.25, 0.3) is 11.4 Å². The predicted octanol–water partition coefficient (Wildman–Crippen LogP) is 0.000500. The molecule has 0 radical (unpaired) electrons. The number of aromatic amines is 1. The van der Waals surface area contributed by atoms with Gasteiger partial charge in [-0.1, -0.05) is 0 Å². The molecule has 0 saturated carbocycles. The molecule has 3 rings (SSSR count). The van der Waals surface area contributed by atoms with E-state index in [4.69, 9.17) is 0 Å². The molecule has 2 aromatic heterocycles. The van der Waals surface area contributed by atoms with Crippen molar-refractivity contribution in [2.45, 2.75) is 6.42 Å². The van der Waals surface area contributed by atoms with Gasteiger partial charge in [-0.2, -0.15) is 15.4 Å². The van der Waals surface area contributed by atoms with E-state index in [1.165, 1.54) is 6.33 Å². The second kappa shape index (κ2) is 2.44. The van der Waals surface area contributed by atoms with E-state index in [1.54, 1.807) is 6.20 Å². The Morgan fingerprint density at radius 3 is 3.00 bits per heavy atom. The molecule has 1 aliphatic carbocycles. The lowest BCUT2D eigenvalue weighted by Crippen LogP contribution is -2.13. The van der Waals surface area contributed by atoms with Crippen LogP contribution < -0.4 is 0 Å². The molecule has 0 aromatic carbocycles. The smallest absolute Gasteiger partial charge is 0.189 e. The van der Waals surface area contributed by atoms with Crippen LogP contribution in [0.4, 0.5) is 0 Å². The number of Topliss-reactive ketones (excluding diaryl/α,β-unsaturated/α-hetero) is 1. The molecule has 2 heterocycles. The van der Waals surface area contributed by atoms with E-state index >= 15 is 0 Å². The Balaban J connectivity index is 2.34. The van der Waals surface area contributed by atoms with Crippen molar-refractivity contribution < 1.29 is 4.79 Å². The fraction of sp³-hybridized carbons (Fsp3) is 0.125. The summed E-state index contributed by atoms with van der Waals surface area (Å²) in [6.07, 6.45) is 3.38. The topological polar surface area (TPSA) is 84.4 Å². The van der Waals surface area contributed by atoms with Gasteiger partial charge >= 0.3 is 0 Å². The van der Waals surface area contributed by atoms with Crippen LogP contribution in [0.1, 0.15) is 16.1 Å². The number of carbonyl (C=O) groups excluding carboxylic acids is 1. The molecular weight excluding hydrogens is 182 g/mol. The van der Waals surface area contributed by atoms with Gasteiger partial charge in [0.1, 0.15) is 12.0 Å². The minimum atomic E-state index is -0.0453. The van der Waals surface area contributed by atoms with Crippen molar-refractivity contribution >= 4 is 5.78 Å². The molecule has 68 valence electrons. The normalized spacial score (nSPS) is 13.6. The third-order valence-electron chi connectivity index (χ3n) is 2.18. The van der Waals surface area contributed by atoms with Gasteiger partial charge in [0.2, 0.25) is 0 Å². The number of H-pyrrole nitrogens is 1. The first-order valence-corrected chi connectivity index (χ1v) is 4.09. The summed E-state index contributed by atoms with van der Waals surface area (Å²) in [5, 5.41) is 10.1. The first-order valence-electron chi connectivity index (χ1n) is 4.09. The Bertz CT molecular complexity index is 518. The number of nitrogens with one attached hydrogen (secondary N) is 1. The first kappa shape index (κ1) is 7.31. The van der Waals surface area contributed by atoms with Crippen LogP contribution in [0, 0.1) is 0 Å². The third kappa shape index (κ3) is 0.819. The Hall–Kier alpha value is -2.11. The second-order valence-corrected chi connectivity index (χ2v) is 3.02. The number of hydrogen-bond acceptors (Lipinski definition) is 5. The van der Waals surface area contributed by atoms with Crippen molar-refractivity contribution in [2.24, 2.45) is 0 Å². The maximum Gasteiger partial charge on any atom is 0.189 e. The van der Waals surface area contributed by atoms with E-state index in [0.717, 1.165) is 5.56 Å². The lowest BCUT2D eigenvalue weighted by atomic mass is 9.97. The van der Waals surface area contributed by atoms with E-state index in [9.17, 15) is 4.79 Å². The van der Waals surface area contributed by atoms with Gasteiger partial charge in [-0.3, -0.25) is 4.79 Å². The lowest BCUT2D eigenvalue weighted by molar-refractivity contribution is 0.0987. The average Bonchev–Trinajstić information content (AvgIpc) is 2.67. The first-order chi connectivity index (χ1) is 6.86.